The van der Waals surface area contributed by atoms with E-state index in [0.717, 1.165) is 22.9 Å². The summed E-state index contributed by atoms with van der Waals surface area (Å²) < 4.78 is 5.82. The zero-order valence-corrected chi connectivity index (χ0v) is 8.76. The van der Waals surface area contributed by atoms with Gasteiger partial charge in [0.2, 0.25) is 0 Å². The molecule has 16 heavy (non-hydrogen) atoms. The largest absolute Gasteiger partial charge is 0.453 e. The Morgan fingerprint density at radius 3 is 1.88 bits per heavy atom. The van der Waals surface area contributed by atoms with Crippen LogP contribution in [0.25, 0.3) is 0 Å². The van der Waals surface area contributed by atoms with Gasteiger partial charge < -0.3 is 9.64 Å². The topological polar surface area (TPSA) is 12.5 Å². The van der Waals surface area contributed by atoms with Crippen LogP contribution in [-0.2, 0) is 0 Å². The van der Waals surface area contributed by atoms with Crippen molar-refractivity contribution in [1.82, 2.24) is 0 Å². The Hall–Kier alpha value is -2.22. The summed E-state index contributed by atoms with van der Waals surface area (Å²) in [6.07, 6.45) is 1.81. The van der Waals surface area contributed by atoms with Crippen molar-refractivity contribution in [3.8, 4) is 11.5 Å². The van der Waals surface area contributed by atoms with E-state index in [1.165, 1.54) is 0 Å². The summed E-state index contributed by atoms with van der Waals surface area (Å²) in [6, 6.07) is 15.9. The molecule has 0 aromatic heterocycles. The van der Waals surface area contributed by atoms with Gasteiger partial charge in [-0.2, -0.15) is 0 Å². The lowest BCUT2D eigenvalue weighted by Gasteiger charge is -2.29. The number of fused-ring (bicyclic) bond motifs is 2. The molecule has 0 atom stereocenters. The van der Waals surface area contributed by atoms with E-state index < -0.39 is 0 Å². The van der Waals surface area contributed by atoms with Gasteiger partial charge in [0.1, 0.15) is 0 Å². The maximum atomic E-state index is 5.82. The zero-order chi connectivity index (χ0) is 11.0. The fraction of sp³-hybridized carbons (Fsp3) is 0. The summed E-state index contributed by atoms with van der Waals surface area (Å²) in [7, 11) is 0. The lowest BCUT2D eigenvalue weighted by atomic mass is 10.2. The van der Waals surface area contributed by atoms with Gasteiger partial charge in [0.25, 0.3) is 0 Å². The molecule has 0 amide bonds. The van der Waals surface area contributed by atoms with Crippen LogP contribution in [0, 0.1) is 0 Å². The van der Waals surface area contributed by atoms with Gasteiger partial charge in [-0.1, -0.05) is 30.8 Å². The molecule has 0 aliphatic carbocycles. The molecule has 2 nitrogen and oxygen atoms in total. The van der Waals surface area contributed by atoms with Crippen molar-refractivity contribution in [2.75, 3.05) is 4.90 Å². The smallest absolute Gasteiger partial charge is 0.151 e. The minimum atomic E-state index is 0.862. The van der Waals surface area contributed by atoms with Gasteiger partial charge in [-0.25, -0.2) is 0 Å². The second-order valence-corrected chi connectivity index (χ2v) is 3.59. The summed E-state index contributed by atoms with van der Waals surface area (Å²) in [6.45, 7) is 3.85. The van der Waals surface area contributed by atoms with E-state index in [2.05, 4.69) is 6.58 Å². The van der Waals surface area contributed by atoms with Gasteiger partial charge in [-0.15, -0.1) is 0 Å². The first-order chi connectivity index (χ1) is 7.90. The highest BCUT2D eigenvalue weighted by molar-refractivity contribution is 5.79. The normalized spacial score (nSPS) is 12.4. The Labute approximate surface area is 94.4 Å². The van der Waals surface area contributed by atoms with Crippen LogP contribution >= 0.6 is 0 Å². The number of hydrogen-bond donors (Lipinski definition) is 0. The van der Waals surface area contributed by atoms with Gasteiger partial charge in [0.05, 0.1) is 11.4 Å². The summed E-state index contributed by atoms with van der Waals surface area (Å²) in [5.74, 6) is 1.72. The molecule has 0 fully saturated rings. The van der Waals surface area contributed by atoms with Crippen LogP contribution in [-0.4, -0.2) is 0 Å². The quantitative estimate of drug-likeness (QED) is 0.701. The highest BCUT2D eigenvalue weighted by Crippen LogP contribution is 2.46. The molecule has 1 aliphatic heterocycles. The third kappa shape index (κ3) is 1.20. The van der Waals surface area contributed by atoms with E-state index in [4.69, 9.17) is 4.74 Å². The summed E-state index contributed by atoms with van der Waals surface area (Å²) in [5, 5.41) is 0. The second kappa shape index (κ2) is 3.42. The minimum absolute atomic E-state index is 0.862. The van der Waals surface area contributed by atoms with Crippen LogP contribution in [0.3, 0.4) is 0 Å². The molecule has 0 unspecified atom stereocenters. The van der Waals surface area contributed by atoms with E-state index >= 15 is 0 Å². The summed E-state index contributed by atoms with van der Waals surface area (Å²) >= 11 is 0. The van der Waals surface area contributed by atoms with E-state index in [1.807, 2.05) is 53.4 Å². The van der Waals surface area contributed by atoms with Gasteiger partial charge in [0.15, 0.2) is 11.5 Å². The molecule has 78 valence electrons. The molecular weight excluding hydrogens is 198 g/mol. The maximum Gasteiger partial charge on any atom is 0.151 e. The summed E-state index contributed by atoms with van der Waals surface area (Å²) in [4.78, 5) is 2.04. The second-order valence-electron chi connectivity index (χ2n) is 3.59. The van der Waals surface area contributed by atoms with Gasteiger partial charge in [-0.3, -0.25) is 0 Å². The van der Waals surface area contributed by atoms with Crippen LogP contribution in [0.1, 0.15) is 0 Å². The third-order valence-corrected chi connectivity index (χ3v) is 2.65. The van der Waals surface area contributed by atoms with E-state index in [-0.39, 0.29) is 0 Å². The molecule has 2 aromatic carbocycles. The number of nitrogens with zero attached hydrogens (tertiary/aromatic N) is 1. The average molecular weight is 209 g/mol. The molecule has 2 heteroatoms. The first-order valence-electron chi connectivity index (χ1n) is 5.18. The molecule has 0 saturated heterocycles. The summed E-state index contributed by atoms with van der Waals surface area (Å²) in [5.41, 5.74) is 2.05. The molecule has 1 heterocycles. The average Bonchev–Trinajstić information content (AvgIpc) is 2.36. The number of para-hydroxylation sites is 4. The molecule has 3 rings (SSSR count). The predicted octanol–water partition coefficient (Wildman–Crippen LogP) is 4.07. The Morgan fingerprint density at radius 1 is 0.875 bits per heavy atom. The standard InChI is InChI=1S/C14H11NO/c1-2-15-11-7-3-5-9-13(11)16-14-10-6-4-8-12(14)15/h2-10H,1H2. The van der Waals surface area contributed by atoms with Crippen molar-refractivity contribution in [3.05, 3.63) is 61.3 Å². The van der Waals surface area contributed by atoms with E-state index in [0.29, 0.717) is 0 Å². The van der Waals surface area contributed by atoms with E-state index in [1.54, 1.807) is 6.20 Å². The van der Waals surface area contributed by atoms with Crippen molar-refractivity contribution in [3.63, 3.8) is 0 Å². The number of anilines is 2. The van der Waals surface area contributed by atoms with Gasteiger partial charge in [-0.05, 0) is 24.3 Å². The number of rotatable bonds is 1. The first kappa shape index (κ1) is 9.04. The third-order valence-electron chi connectivity index (χ3n) is 2.65. The van der Waals surface area contributed by atoms with Gasteiger partial charge >= 0.3 is 0 Å². The Kier molecular flexibility index (Phi) is 1.93. The van der Waals surface area contributed by atoms with E-state index in [9.17, 15) is 0 Å². The molecule has 0 radical (unpaired) electrons. The number of benzene rings is 2. The number of ether oxygens (including phenoxy) is 1. The van der Waals surface area contributed by atoms with Crippen LogP contribution in [0.15, 0.2) is 61.3 Å². The SMILES string of the molecule is C=CN1c2ccccc2Oc2ccccc21. The van der Waals surface area contributed by atoms with Gasteiger partial charge in [0, 0.05) is 6.20 Å². The molecule has 2 aromatic rings. The van der Waals surface area contributed by atoms with Crippen molar-refractivity contribution < 1.29 is 4.74 Å². The molecular formula is C14H11NO. The Balaban J connectivity index is 2.23. The van der Waals surface area contributed by atoms with Crippen molar-refractivity contribution in [1.29, 1.82) is 0 Å². The lowest BCUT2D eigenvalue weighted by molar-refractivity contribution is 0.476. The minimum Gasteiger partial charge on any atom is -0.453 e. The lowest BCUT2D eigenvalue weighted by Crippen LogP contribution is -2.13. The van der Waals surface area contributed by atoms with Crippen molar-refractivity contribution >= 4 is 11.4 Å². The van der Waals surface area contributed by atoms with Crippen molar-refractivity contribution in [2.24, 2.45) is 0 Å². The fourth-order valence-corrected chi connectivity index (χ4v) is 1.93. The number of hydrogen-bond acceptors (Lipinski definition) is 2. The maximum absolute atomic E-state index is 5.82. The fourth-order valence-electron chi connectivity index (χ4n) is 1.93. The Bertz CT molecular complexity index is 502. The highest BCUT2D eigenvalue weighted by Gasteiger charge is 2.21. The van der Waals surface area contributed by atoms with Crippen LogP contribution in [0.4, 0.5) is 11.4 Å². The van der Waals surface area contributed by atoms with Crippen LogP contribution in [0.2, 0.25) is 0 Å². The monoisotopic (exact) mass is 209 g/mol. The van der Waals surface area contributed by atoms with Crippen molar-refractivity contribution in [2.45, 2.75) is 0 Å². The molecule has 0 N–H and O–H groups in total. The molecule has 0 bridgehead atoms. The highest BCUT2D eigenvalue weighted by atomic mass is 16.5. The molecule has 1 aliphatic rings. The zero-order valence-electron chi connectivity index (χ0n) is 8.76. The molecule has 0 saturated carbocycles. The Morgan fingerprint density at radius 2 is 1.38 bits per heavy atom. The predicted molar refractivity (Wildman–Crippen MR) is 65.3 cm³/mol. The first-order valence-corrected chi connectivity index (χ1v) is 5.18. The van der Waals surface area contributed by atoms with Crippen LogP contribution in [0.5, 0.6) is 11.5 Å². The van der Waals surface area contributed by atoms with Crippen LogP contribution < -0.4 is 9.64 Å². The molecule has 0 spiro atoms.